The highest BCUT2D eigenvalue weighted by molar-refractivity contribution is 7.89. The zero-order valence-corrected chi connectivity index (χ0v) is 18.9. The van der Waals surface area contributed by atoms with Crippen molar-refractivity contribution < 1.29 is 22.7 Å². The molecule has 168 valence electrons. The van der Waals surface area contributed by atoms with Crippen molar-refractivity contribution in [2.24, 2.45) is 0 Å². The minimum absolute atomic E-state index is 0.0742. The molecule has 2 aromatic carbocycles. The Kier molecular flexibility index (Phi) is 7.92. The molecule has 3 rings (SSSR count). The summed E-state index contributed by atoms with van der Waals surface area (Å²) in [6, 6.07) is 12.2. The quantitative estimate of drug-likeness (QED) is 0.633. The zero-order chi connectivity index (χ0) is 22.3. The Bertz CT molecular complexity index is 984. The summed E-state index contributed by atoms with van der Waals surface area (Å²) in [6.07, 6.45) is 3.65. The molecule has 0 aromatic heterocycles. The van der Waals surface area contributed by atoms with Crippen LogP contribution >= 0.6 is 0 Å². The first-order chi connectivity index (χ1) is 14.9. The number of aryl methyl sites for hydroxylation is 1. The van der Waals surface area contributed by atoms with Gasteiger partial charge in [0.25, 0.3) is 5.91 Å². The number of ether oxygens (including phenoxy) is 2. The highest BCUT2D eigenvalue weighted by Crippen LogP contribution is 2.31. The number of hydrogen-bond acceptors (Lipinski definition) is 5. The Balaban J connectivity index is 1.72. The molecule has 1 aliphatic rings. The van der Waals surface area contributed by atoms with Crippen LogP contribution in [0, 0.1) is 0 Å². The molecule has 0 saturated carbocycles. The lowest BCUT2D eigenvalue weighted by atomic mass is 10.2. The van der Waals surface area contributed by atoms with E-state index >= 15 is 0 Å². The van der Waals surface area contributed by atoms with Gasteiger partial charge in [0.2, 0.25) is 10.0 Å². The minimum Gasteiger partial charge on any atom is -0.492 e. The third-order valence-electron chi connectivity index (χ3n) is 5.16. The van der Waals surface area contributed by atoms with Crippen molar-refractivity contribution in [2.75, 3.05) is 31.6 Å². The first kappa shape index (κ1) is 23.1. The standard InChI is InChI=1S/C23H30N2O5S/c1-3-18-8-11-20(12-9-18)30-17-23(26)24-19-10-13-21(29-4-2)22(16-19)31(27,28)25-14-6-5-7-15-25/h8-13,16H,3-7,14-15,17H2,1-2H3,(H,24,26). The van der Waals surface area contributed by atoms with E-state index in [1.54, 1.807) is 19.1 Å². The van der Waals surface area contributed by atoms with Crippen molar-refractivity contribution in [3.63, 3.8) is 0 Å². The number of carbonyl (C=O) groups is 1. The van der Waals surface area contributed by atoms with Crippen molar-refractivity contribution in [1.29, 1.82) is 0 Å². The molecule has 0 bridgehead atoms. The molecule has 1 saturated heterocycles. The minimum atomic E-state index is -3.71. The number of nitrogens with zero attached hydrogens (tertiary/aromatic N) is 1. The van der Waals surface area contributed by atoms with Crippen LogP contribution in [0.25, 0.3) is 0 Å². The van der Waals surface area contributed by atoms with Crippen LogP contribution in [-0.2, 0) is 21.2 Å². The first-order valence-electron chi connectivity index (χ1n) is 10.7. The lowest BCUT2D eigenvalue weighted by Crippen LogP contribution is -2.35. The maximum atomic E-state index is 13.2. The van der Waals surface area contributed by atoms with Gasteiger partial charge in [-0.15, -0.1) is 0 Å². The number of carbonyl (C=O) groups excluding carboxylic acids is 1. The van der Waals surface area contributed by atoms with Crippen LogP contribution in [0.5, 0.6) is 11.5 Å². The number of sulfonamides is 1. The van der Waals surface area contributed by atoms with Crippen LogP contribution in [0.4, 0.5) is 5.69 Å². The average molecular weight is 447 g/mol. The van der Waals surface area contributed by atoms with Crippen molar-refractivity contribution in [3.05, 3.63) is 48.0 Å². The Labute approximate surface area is 184 Å². The molecule has 2 aromatic rings. The molecule has 0 spiro atoms. The molecule has 0 aliphatic carbocycles. The molecule has 1 fully saturated rings. The predicted molar refractivity (Wildman–Crippen MR) is 120 cm³/mol. The fraction of sp³-hybridized carbons (Fsp3) is 0.435. The van der Waals surface area contributed by atoms with Gasteiger partial charge in [-0.25, -0.2) is 8.42 Å². The number of amides is 1. The summed E-state index contributed by atoms with van der Waals surface area (Å²) in [5.74, 6) is 0.524. The molecule has 8 heteroatoms. The summed E-state index contributed by atoms with van der Waals surface area (Å²) in [6.45, 7) is 5.04. The molecule has 0 unspecified atom stereocenters. The average Bonchev–Trinajstić information content (AvgIpc) is 2.79. The van der Waals surface area contributed by atoms with Crippen LogP contribution in [-0.4, -0.2) is 44.9 Å². The highest BCUT2D eigenvalue weighted by atomic mass is 32.2. The number of hydrogen-bond donors (Lipinski definition) is 1. The van der Waals surface area contributed by atoms with Crippen molar-refractivity contribution in [1.82, 2.24) is 4.31 Å². The first-order valence-corrected chi connectivity index (χ1v) is 12.2. The van der Waals surface area contributed by atoms with Gasteiger partial charge in [0.1, 0.15) is 16.4 Å². The van der Waals surface area contributed by atoms with Gasteiger partial charge in [-0.1, -0.05) is 25.5 Å². The van der Waals surface area contributed by atoms with Gasteiger partial charge < -0.3 is 14.8 Å². The van der Waals surface area contributed by atoms with Gasteiger partial charge in [-0.2, -0.15) is 4.31 Å². The molecule has 1 aliphatic heterocycles. The van der Waals surface area contributed by atoms with E-state index in [0.717, 1.165) is 25.7 Å². The number of benzene rings is 2. The van der Waals surface area contributed by atoms with Crippen LogP contribution in [0.1, 0.15) is 38.7 Å². The van der Waals surface area contributed by atoms with Gasteiger partial charge in [0, 0.05) is 18.8 Å². The van der Waals surface area contributed by atoms with Crippen molar-refractivity contribution in [3.8, 4) is 11.5 Å². The van der Waals surface area contributed by atoms with E-state index in [1.807, 2.05) is 24.3 Å². The Morgan fingerprint density at radius 3 is 2.35 bits per heavy atom. The molecule has 31 heavy (non-hydrogen) atoms. The Morgan fingerprint density at radius 2 is 1.71 bits per heavy atom. The van der Waals surface area contributed by atoms with E-state index in [0.29, 0.717) is 36.9 Å². The summed E-state index contributed by atoms with van der Waals surface area (Å²) >= 11 is 0. The second-order valence-electron chi connectivity index (χ2n) is 7.39. The van der Waals surface area contributed by atoms with Crippen LogP contribution in [0.15, 0.2) is 47.4 Å². The Hall–Kier alpha value is -2.58. The second kappa shape index (κ2) is 10.6. The summed E-state index contributed by atoms with van der Waals surface area (Å²) < 4.78 is 39.0. The third kappa shape index (κ3) is 5.98. The topological polar surface area (TPSA) is 84.9 Å². The molecule has 0 atom stereocenters. The van der Waals surface area contributed by atoms with Gasteiger partial charge in [-0.3, -0.25) is 4.79 Å². The summed E-state index contributed by atoms with van der Waals surface area (Å²) in [5, 5.41) is 2.72. The fourth-order valence-corrected chi connectivity index (χ4v) is 5.15. The van der Waals surface area contributed by atoms with Crippen molar-refractivity contribution in [2.45, 2.75) is 44.4 Å². The largest absolute Gasteiger partial charge is 0.492 e. The lowest BCUT2D eigenvalue weighted by Gasteiger charge is -2.27. The molecule has 1 N–H and O–H groups in total. The van der Waals surface area contributed by atoms with Gasteiger partial charge in [-0.05, 0) is 62.1 Å². The van der Waals surface area contributed by atoms with Gasteiger partial charge in [0.05, 0.1) is 6.61 Å². The van der Waals surface area contributed by atoms with E-state index in [4.69, 9.17) is 9.47 Å². The van der Waals surface area contributed by atoms with Gasteiger partial charge >= 0.3 is 0 Å². The highest BCUT2D eigenvalue weighted by Gasteiger charge is 2.29. The van der Waals surface area contributed by atoms with E-state index in [9.17, 15) is 13.2 Å². The number of anilines is 1. The smallest absolute Gasteiger partial charge is 0.262 e. The fourth-order valence-electron chi connectivity index (χ4n) is 3.47. The normalized spacial score (nSPS) is 14.8. The molecule has 7 nitrogen and oxygen atoms in total. The molecule has 0 radical (unpaired) electrons. The second-order valence-corrected chi connectivity index (χ2v) is 9.30. The summed E-state index contributed by atoms with van der Waals surface area (Å²) in [5.41, 5.74) is 1.57. The predicted octanol–water partition coefficient (Wildman–Crippen LogP) is 3.84. The molecular formula is C23H30N2O5S. The Morgan fingerprint density at radius 1 is 1.00 bits per heavy atom. The number of rotatable bonds is 9. The molecule has 1 amide bonds. The van der Waals surface area contributed by atoms with E-state index in [2.05, 4.69) is 12.2 Å². The van der Waals surface area contributed by atoms with E-state index in [-0.39, 0.29) is 17.4 Å². The van der Waals surface area contributed by atoms with Crippen LogP contribution in [0.2, 0.25) is 0 Å². The third-order valence-corrected chi connectivity index (χ3v) is 7.08. The monoisotopic (exact) mass is 446 g/mol. The SMILES string of the molecule is CCOc1ccc(NC(=O)COc2ccc(CC)cc2)cc1S(=O)(=O)N1CCCCC1. The van der Waals surface area contributed by atoms with E-state index in [1.165, 1.54) is 15.9 Å². The van der Waals surface area contributed by atoms with Crippen LogP contribution in [0.3, 0.4) is 0 Å². The van der Waals surface area contributed by atoms with Crippen molar-refractivity contribution >= 4 is 21.6 Å². The van der Waals surface area contributed by atoms with Gasteiger partial charge in [0.15, 0.2) is 6.61 Å². The summed E-state index contributed by atoms with van der Waals surface area (Å²) in [4.78, 5) is 12.4. The summed E-state index contributed by atoms with van der Waals surface area (Å²) in [7, 11) is -3.71. The van der Waals surface area contributed by atoms with Crippen LogP contribution < -0.4 is 14.8 Å². The lowest BCUT2D eigenvalue weighted by molar-refractivity contribution is -0.118. The molecule has 1 heterocycles. The van der Waals surface area contributed by atoms with E-state index < -0.39 is 10.0 Å². The maximum absolute atomic E-state index is 13.2. The number of piperidine rings is 1. The number of nitrogens with one attached hydrogen (secondary N) is 1. The molecular weight excluding hydrogens is 416 g/mol. The zero-order valence-electron chi connectivity index (χ0n) is 18.1. The maximum Gasteiger partial charge on any atom is 0.262 e.